The maximum atomic E-state index is 11.6. The summed E-state index contributed by atoms with van der Waals surface area (Å²) in [5.74, 6) is 0.295. The van der Waals surface area contributed by atoms with Crippen LogP contribution in [0.1, 0.15) is 5.56 Å². The van der Waals surface area contributed by atoms with Crippen molar-refractivity contribution in [3.63, 3.8) is 0 Å². The van der Waals surface area contributed by atoms with Crippen LogP contribution in [0, 0.1) is 0 Å². The number of thiophene rings is 1. The van der Waals surface area contributed by atoms with E-state index < -0.39 is 10.0 Å². The van der Waals surface area contributed by atoms with Crippen LogP contribution in [0.15, 0.2) is 32.4 Å². The molecule has 0 aliphatic carbocycles. The van der Waals surface area contributed by atoms with Gasteiger partial charge in [0.1, 0.15) is 4.90 Å². The lowest BCUT2D eigenvalue weighted by Crippen LogP contribution is -2.10. The largest absolute Gasteiger partial charge is 0.285 e. The third kappa shape index (κ3) is 1.32. The molecule has 1 aliphatic rings. The molecule has 16 heavy (non-hydrogen) atoms. The van der Waals surface area contributed by atoms with Crippen LogP contribution in [-0.2, 0) is 10.0 Å². The summed E-state index contributed by atoms with van der Waals surface area (Å²) in [4.78, 5) is 0.235. The molecule has 0 radical (unpaired) electrons. The Hall–Kier alpha value is -1.18. The monoisotopic (exact) mass is 273 g/mol. The van der Waals surface area contributed by atoms with Crippen molar-refractivity contribution < 1.29 is 8.42 Å². The Bertz CT molecular complexity index is 698. The van der Waals surface area contributed by atoms with Gasteiger partial charge in [-0.2, -0.15) is 24.9 Å². The highest BCUT2D eigenvalue weighted by Crippen LogP contribution is 2.30. The molecule has 0 bridgehead atoms. The topological polar surface area (TPSA) is 64.3 Å². The number of fused-ring (bicyclic) bond motifs is 1. The zero-order valence-electron chi connectivity index (χ0n) is 7.66. The summed E-state index contributed by atoms with van der Waals surface area (Å²) < 4.78 is 28.3. The lowest BCUT2D eigenvalue weighted by molar-refractivity contribution is 0.599. The standard InChI is InChI=1S/C8H4ClN3O2S2/c9-5-1-10-12(2-5)8-6-3-15-4-7(6)16(13,14)11-8/h1-4H. The van der Waals surface area contributed by atoms with Gasteiger partial charge in [0.05, 0.1) is 23.0 Å². The average Bonchev–Trinajstić information content (AvgIpc) is 2.85. The summed E-state index contributed by atoms with van der Waals surface area (Å²) in [6, 6.07) is 0. The molecule has 1 aliphatic heterocycles. The molecule has 5 nitrogen and oxygen atoms in total. The van der Waals surface area contributed by atoms with Crippen LogP contribution >= 0.6 is 22.9 Å². The Morgan fingerprint density at radius 3 is 2.88 bits per heavy atom. The van der Waals surface area contributed by atoms with Gasteiger partial charge in [-0.1, -0.05) is 11.6 Å². The third-order valence-electron chi connectivity index (χ3n) is 2.12. The second-order valence-corrected chi connectivity index (χ2v) is 5.90. The van der Waals surface area contributed by atoms with Gasteiger partial charge in [0.25, 0.3) is 10.0 Å². The zero-order valence-corrected chi connectivity index (χ0v) is 10.1. The van der Waals surface area contributed by atoms with Crippen molar-refractivity contribution in [3.8, 4) is 0 Å². The normalized spacial score (nSPS) is 17.2. The molecule has 0 fully saturated rings. The van der Waals surface area contributed by atoms with Crippen LogP contribution in [-0.4, -0.2) is 24.0 Å². The highest BCUT2D eigenvalue weighted by Gasteiger charge is 2.31. The number of rotatable bonds is 0. The van der Waals surface area contributed by atoms with Gasteiger partial charge in [0.2, 0.25) is 0 Å². The summed E-state index contributed by atoms with van der Waals surface area (Å²) in [5.41, 5.74) is 0.574. The van der Waals surface area contributed by atoms with Gasteiger partial charge in [-0.15, -0.1) is 4.40 Å². The van der Waals surface area contributed by atoms with Crippen LogP contribution < -0.4 is 0 Å². The van der Waals surface area contributed by atoms with Crippen molar-refractivity contribution >= 4 is 38.8 Å². The predicted molar refractivity (Wildman–Crippen MR) is 60.7 cm³/mol. The van der Waals surface area contributed by atoms with Crippen molar-refractivity contribution in [2.75, 3.05) is 0 Å². The summed E-state index contributed by atoms with van der Waals surface area (Å²) in [7, 11) is -3.56. The van der Waals surface area contributed by atoms with Crippen LogP contribution in [0.2, 0.25) is 5.02 Å². The van der Waals surface area contributed by atoms with E-state index in [-0.39, 0.29) is 4.90 Å². The molecule has 0 saturated carbocycles. The quantitative estimate of drug-likeness (QED) is 0.732. The highest BCUT2D eigenvalue weighted by molar-refractivity contribution is 7.91. The molecule has 2 aromatic heterocycles. The van der Waals surface area contributed by atoms with Gasteiger partial charge in [0.15, 0.2) is 5.84 Å². The Labute approximate surface area is 100 Å². The van der Waals surface area contributed by atoms with E-state index in [9.17, 15) is 8.42 Å². The summed E-state index contributed by atoms with van der Waals surface area (Å²) in [5, 5.41) is 7.66. The molecule has 2 aromatic rings. The Balaban J connectivity index is 2.26. The number of hydrogen-bond donors (Lipinski definition) is 0. The molecular weight excluding hydrogens is 270 g/mol. The fourth-order valence-corrected chi connectivity index (χ4v) is 3.93. The second-order valence-electron chi connectivity index (χ2n) is 3.14. The fraction of sp³-hybridized carbons (Fsp3) is 0. The van der Waals surface area contributed by atoms with Gasteiger partial charge >= 0.3 is 0 Å². The first-order valence-electron chi connectivity index (χ1n) is 4.20. The number of nitrogens with zero attached hydrogens (tertiary/aromatic N) is 3. The van der Waals surface area contributed by atoms with Gasteiger partial charge in [-0.05, 0) is 0 Å². The lowest BCUT2D eigenvalue weighted by atomic mass is 10.3. The van der Waals surface area contributed by atoms with Crippen LogP contribution in [0.4, 0.5) is 0 Å². The van der Waals surface area contributed by atoms with E-state index in [1.807, 2.05) is 0 Å². The highest BCUT2D eigenvalue weighted by atomic mass is 35.5. The molecule has 0 aromatic carbocycles. The van der Waals surface area contributed by atoms with Crippen LogP contribution in [0.25, 0.3) is 0 Å². The molecule has 8 heteroatoms. The minimum Gasteiger partial charge on any atom is -0.220 e. The first kappa shape index (κ1) is 10.0. The molecule has 3 heterocycles. The second kappa shape index (κ2) is 3.16. The number of aromatic nitrogens is 2. The lowest BCUT2D eigenvalue weighted by Gasteiger charge is -1.96. The molecule has 82 valence electrons. The maximum Gasteiger partial charge on any atom is 0.285 e. The summed E-state index contributed by atoms with van der Waals surface area (Å²) in [6.07, 6.45) is 2.95. The minimum absolute atomic E-state index is 0.235. The van der Waals surface area contributed by atoms with E-state index in [1.54, 1.807) is 10.8 Å². The molecule has 0 atom stereocenters. The molecule has 0 unspecified atom stereocenters. The third-order valence-corrected chi connectivity index (χ3v) is 4.51. The number of sulfonamides is 1. The van der Waals surface area contributed by atoms with E-state index in [0.717, 1.165) is 0 Å². The average molecular weight is 274 g/mol. The zero-order chi connectivity index (χ0) is 11.3. The van der Waals surface area contributed by atoms with Crippen molar-refractivity contribution in [3.05, 3.63) is 33.7 Å². The van der Waals surface area contributed by atoms with Gasteiger partial charge in [0, 0.05) is 10.8 Å². The molecule has 3 rings (SSSR count). The first-order valence-corrected chi connectivity index (χ1v) is 6.96. The van der Waals surface area contributed by atoms with E-state index in [4.69, 9.17) is 11.6 Å². The molecule has 0 spiro atoms. The maximum absolute atomic E-state index is 11.6. The number of halogens is 1. The smallest absolute Gasteiger partial charge is 0.220 e. The van der Waals surface area contributed by atoms with Crippen molar-refractivity contribution in [1.82, 2.24) is 9.78 Å². The van der Waals surface area contributed by atoms with Crippen LogP contribution in [0.5, 0.6) is 0 Å². The van der Waals surface area contributed by atoms with Gasteiger partial charge in [-0.3, -0.25) is 0 Å². The van der Waals surface area contributed by atoms with E-state index >= 15 is 0 Å². The summed E-state index contributed by atoms with van der Waals surface area (Å²) in [6.45, 7) is 0. The summed E-state index contributed by atoms with van der Waals surface area (Å²) >= 11 is 7.04. The van der Waals surface area contributed by atoms with Crippen molar-refractivity contribution in [2.45, 2.75) is 4.90 Å². The molecule has 0 N–H and O–H groups in total. The van der Waals surface area contributed by atoms with E-state index in [1.165, 1.54) is 28.4 Å². The molecular formula is C8H4ClN3O2S2. The van der Waals surface area contributed by atoms with Crippen molar-refractivity contribution in [2.24, 2.45) is 4.40 Å². The van der Waals surface area contributed by atoms with Gasteiger partial charge in [-0.25, -0.2) is 4.68 Å². The van der Waals surface area contributed by atoms with Crippen LogP contribution in [0.3, 0.4) is 0 Å². The fourth-order valence-electron chi connectivity index (χ4n) is 1.44. The number of hydrogen-bond acceptors (Lipinski definition) is 4. The minimum atomic E-state index is -3.56. The Morgan fingerprint density at radius 1 is 1.38 bits per heavy atom. The SMILES string of the molecule is O=S1(=O)N=C(n2cc(Cl)cn2)c2cscc21. The van der Waals surface area contributed by atoms with E-state index in [0.29, 0.717) is 16.4 Å². The van der Waals surface area contributed by atoms with Crippen molar-refractivity contribution in [1.29, 1.82) is 0 Å². The predicted octanol–water partition coefficient (Wildman–Crippen LogP) is 1.60. The molecule has 0 amide bonds. The van der Waals surface area contributed by atoms with Gasteiger partial charge < -0.3 is 0 Å². The Kier molecular flexibility index (Phi) is 1.97. The Morgan fingerprint density at radius 2 is 2.19 bits per heavy atom. The first-order chi connectivity index (χ1) is 7.58. The molecule has 0 saturated heterocycles. The van der Waals surface area contributed by atoms with E-state index in [2.05, 4.69) is 9.50 Å².